The van der Waals surface area contributed by atoms with Crippen LogP contribution in [0.5, 0.6) is 0 Å². The zero-order valence-electron chi connectivity index (χ0n) is 16.3. The number of nitrogens with one attached hydrogen (secondary N) is 1. The van der Waals surface area contributed by atoms with E-state index in [1.54, 1.807) is 13.0 Å². The summed E-state index contributed by atoms with van der Waals surface area (Å²) in [5.74, 6) is -1.08. The third-order valence-electron chi connectivity index (χ3n) is 4.79. The number of rotatable bonds is 5. The molecule has 1 fully saturated rings. The Morgan fingerprint density at radius 3 is 2.59 bits per heavy atom. The van der Waals surface area contributed by atoms with Gasteiger partial charge in [-0.2, -0.15) is 0 Å². The van der Waals surface area contributed by atoms with Crippen molar-refractivity contribution in [3.63, 3.8) is 0 Å². The quantitative estimate of drug-likeness (QED) is 0.450. The molecule has 1 N–H and O–H groups in total. The largest absolute Gasteiger partial charge is 0.465 e. The summed E-state index contributed by atoms with van der Waals surface area (Å²) in [7, 11) is 1.27. The van der Waals surface area contributed by atoms with Crippen molar-refractivity contribution in [3.8, 4) is 0 Å². The van der Waals surface area contributed by atoms with Crippen LogP contribution in [0, 0.1) is 24.0 Å². The molecule has 9 nitrogen and oxygen atoms in total. The van der Waals surface area contributed by atoms with Crippen molar-refractivity contribution in [3.05, 3.63) is 49.9 Å². The van der Waals surface area contributed by atoms with Crippen LogP contribution in [-0.4, -0.2) is 50.2 Å². The van der Waals surface area contributed by atoms with E-state index in [9.17, 15) is 19.7 Å². The fourth-order valence-corrected chi connectivity index (χ4v) is 4.16. The molecule has 0 aliphatic carbocycles. The summed E-state index contributed by atoms with van der Waals surface area (Å²) in [6, 6.07) is 4.37. The molecule has 1 saturated heterocycles. The Hall–Kier alpha value is -2.98. The number of aryl methyl sites for hydroxylation is 1. The lowest BCUT2D eigenvalue weighted by Gasteiger charge is -2.28. The SMILES string of the molecule is COC(=O)c1c(NC(=O)c2ccc(N3CCOCC3)c([N+](=O)[O-])c2)sc(C)c1C. The summed E-state index contributed by atoms with van der Waals surface area (Å²) < 4.78 is 10.1. The highest BCUT2D eigenvalue weighted by atomic mass is 32.1. The Morgan fingerprint density at radius 2 is 1.97 bits per heavy atom. The topological polar surface area (TPSA) is 111 Å². The highest BCUT2D eigenvalue weighted by molar-refractivity contribution is 7.16. The van der Waals surface area contributed by atoms with E-state index in [0.29, 0.717) is 42.6 Å². The van der Waals surface area contributed by atoms with E-state index >= 15 is 0 Å². The number of morpholine rings is 1. The van der Waals surface area contributed by atoms with E-state index < -0.39 is 16.8 Å². The molecule has 154 valence electrons. The molecular weight excluding hydrogens is 398 g/mol. The van der Waals surface area contributed by atoms with Gasteiger partial charge in [0.25, 0.3) is 11.6 Å². The van der Waals surface area contributed by atoms with E-state index in [-0.39, 0.29) is 11.3 Å². The fraction of sp³-hybridized carbons (Fsp3) is 0.368. The number of carbonyl (C=O) groups is 2. The highest BCUT2D eigenvalue weighted by Crippen LogP contribution is 2.34. The molecule has 0 unspecified atom stereocenters. The molecule has 1 aromatic carbocycles. The minimum Gasteiger partial charge on any atom is -0.465 e. The van der Waals surface area contributed by atoms with Crippen molar-refractivity contribution in [1.29, 1.82) is 0 Å². The maximum Gasteiger partial charge on any atom is 0.341 e. The number of nitro groups is 1. The molecule has 10 heteroatoms. The minimum absolute atomic E-state index is 0.133. The number of methoxy groups -OCH3 is 1. The van der Waals surface area contributed by atoms with Gasteiger partial charge in [-0.05, 0) is 31.5 Å². The van der Waals surface area contributed by atoms with Gasteiger partial charge in [0.2, 0.25) is 0 Å². The van der Waals surface area contributed by atoms with Crippen LogP contribution in [0.2, 0.25) is 0 Å². The standard InChI is InChI=1S/C19H21N3O6S/c1-11-12(2)29-18(16(11)19(24)27-3)20-17(23)13-4-5-14(15(10-13)22(25)26)21-6-8-28-9-7-21/h4-5,10H,6-9H2,1-3H3,(H,20,23). The second kappa shape index (κ2) is 8.58. The predicted molar refractivity (Wildman–Crippen MR) is 109 cm³/mol. The Balaban J connectivity index is 1.90. The smallest absolute Gasteiger partial charge is 0.341 e. The third kappa shape index (κ3) is 4.22. The van der Waals surface area contributed by atoms with Crippen LogP contribution in [0.4, 0.5) is 16.4 Å². The van der Waals surface area contributed by atoms with Crippen LogP contribution in [-0.2, 0) is 9.47 Å². The number of nitro benzene ring substituents is 1. The summed E-state index contributed by atoms with van der Waals surface area (Å²) in [6.45, 7) is 5.69. The summed E-state index contributed by atoms with van der Waals surface area (Å²) in [5.41, 5.74) is 1.46. The monoisotopic (exact) mass is 419 g/mol. The lowest BCUT2D eigenvalue weighted by Crippen LogP contribution is -2.36. The van der Waals surface area contributed by atoms with Gasteiger partial charge in [-0.1, -0.05) is 0 Å². The van der Waals surface area contributed by atoms with Crippen molar-refractivity contribution in [2.75, 3.05) is 43.6 Å². The first-order chi connectivity index (χ1) is 13.8. The van der Waals surface area contributed by atoms with Gasteiger partial charge < -0.3 is 19.7 Å². The average molecular weight is 419 g/mol. The number of benzene rings is 1. The molecule has 1 amide bonds. The normalized spacial score (nSPS) is 13.8. The summed E-state index contributed by atoms with van der Waals surface area (Å²) in [5, 5.41) is 14.6. The molecule has 2 heterocycles. The van der Waals surface area contributed by atoms with Gasteiger partial charge in [0.05, 0.1) is 30.8 Å². The van der Waals surface area contributed by atoms with Gasteiger partial charge >= 0.3 is 5.97 Å². The van der Waals surface area contributed by atoms with Crippen LogP contribution in [0.25, 0.3) is 0 Å². The van der Waals surface area contributed by atoms with Crippen molar-refractivity contribution in [1.82, 2.24) is 0 Å². The van der Waals surface area contributed by atoms with Crippen LogP contribution in [0.3, 0.4) is 0 Å². The molecule has 0 saturated carbocycles. The summed E-state index contributed by atoms with van der Waals surface area (Å²) >= 11 is 1.26. The van der Waals surface area contributed by atoms with E-state index in [1.165, 1.54) is 30.6 Å². The summed E-state index contributed by atoms with van der Waals surface area (Å²) in [4.78, 5) is 38.6. The number of esters is 1. The van der Waals surface area contributed by atoms with Crippen LogP contribution < -0.4 is 10.2 Å². The van der Waals surface area contributed by atoms with E-state index in [1.807, 2.05) is 11.8 Å². The van der Waals surface area contributed by atoms with Crippen LogP contribution >= 0.6 is 11.3 Å². The number of thiophene rings is 1. The molecule has 1 aromatic heterocycles. The van der Waals surface area contributed by atoms with Crippen molar-refractivity contribution in [2.24, 2.45) is 0 Å². The van der Waals surface area contributed by atoms with Crippen LogP contribution in [0.15, 0.2) is 18.2 Å². The predicted octanol–water partition coefficient (Wildman–Crippen LogP) is 3.15. The first kappa shape index (κ1) is 20.7. The van der Waals surface area contributed by atoms with Gasteiger partial charge in [0, 0.05) is 29.6 Å². The molecule has 0 radical (unpaired) electrons. The lowest BCUT2D eigenvalue weighted by molar-refractivity contribution is -0.384. The maximum atomic E-state index is 12.7. The number of ether oxygens (including phenoxy) is 2. The van der Waals surface area contributed by atoms with E-state index in [2.05, 4.69) is 5.32 Å². The molecule has 0 spiro atoms. The van der Waals surface area contributed by atoms with Gasteiger partial charge in [0.1, 0.15) is 10.7 Å². The van der Waals surface area contributed by atoms with E-state index in [4.69, 9.17) is 9.47 Å². The maximum absolute atomic E-state index is 12.7. The summed E-state index contributed by atoms with van der Waals surface area (Å²) in [6.07, 6.45) is 0. The zero-order chi connectivity index (χ0) is 21.1. The van der Waals surface area contributed by atoms with Gasteiger partial charge in [0.15, 0.2) is 0 Å². The number of anilines is 2. The minimum atomic E-state index is -0.546. The number of nitrogens with zero attached hydrogens (tertiary/aromatic N) is 2. The Bertz CT molecular complexity index is 965. The lowest BCUT2D eigenvalue weighted by atomic mass is 10.1. The zero-order valence-corrected chi connectivity index (χ0v) is 17.1. The molecule has 1 aliphatic rings. The number of hydrogen-bond acceptors (Lipinski definition) is 8. The first-order valence-corrected chi connectivity index (χ1v) is 9.76. The fourth-order valence-electron chi connectivity index (χ4n) is 3.12. The molecule has 2 aromatic rings. The molecular formula is C19H21N3O6S. The highest BCUT2D eigenvalue weighted by Gasteiger charge is 2.25. The number of hydrogen-bond donors (Lipinski definition) is 1. The van der Waals surface area contributed by atoms with Crippen molar-refractivity contribution >= 4 is 39.6 Å². The molecule has 3 rings (SSSR count). The molecule has 29 heavy (non-hydrogen) atoms. The third-order valence-corrected chi connectivity index (χ3v) is 5.91. The van der Waals surface area contributed by atoms with E-state index in [0.717, 1.165) is 10.4 Å². The number of amides is 1. The first-order valence-electron chi connectivity index (χ1n) is 8.94. The second-order valence-corrected chi connectivity index (χ2v) is 7.72. The number of carbonyl (C=O) groups excluding carboxylic acids is 2. The molecule has 0 atom stereocenters. The van der Waals surface area contributed by atoms with Gasteiger partial charge in [-0.15, -0.1) is 11.3 Å². The van der Waals surface area contributed by atoms with Gasteiger partial charge in [-0.3, -0.25) is 14.9 Å². The Kier molecular flexibility index (Phi) is 6.14. The molecule has 1 aliphatic heterocycles. The van der Waals surface area contributed by atoms with Crippen LogP contribution in [0.1, 0.15) is 31.2 Å². The Labute approximate surface area is 171 Å². The average Bonchev–Trinajstić information content (AvgIpc) is 3.00. The van der Waals surface area contributed by atoms with Crippen molar-refractivity contribution in [2.45, 2.75) is 13.8 Å². The van der Waals surface area contributed by atoms with Gasteiger partial charge in [-0.25, -0.2) is 4.79 Å². The second-order valence-electron chi connectivity index (χ2n) is 6.49. The Morgan fingerprint density at radius 1 is 1.28 bits per heavy atom. The molecule has 0 bridgehead atoms. The van der Waals surface area contributed by atoms with Crippen molar-refractivity contribution < 1.29 is 24.0 Å².